The molecule has 1 unspecified atom stereocenters. The van der Waals surface area contributed by atoms with Gasteiger partial charge in [-0.15, -0.1) is 12.6 Å². The van der Waals surface area contributed by atoms with Gasteiger partial charge in [-0.05, 0) is 50.7 Å². The third kappa shape index (κ3) is 3.50. The lowest BCUT2D eigenvalue weighted by Gasteiger charge is -2.32. The molecular weight excluding hydrogens is 244 g/mol. The third-order valence-electron chi connectivity index (χ3n) is 3.55. The number of carbonyl (C=O) groups is 1. The minimum absolute atomic E-state index is 0.00214. The average Bonchev–Trinajstić information content (AvgIpc) is 2.38. The lowest BCUT2D eigenvalue weighted by Crippen LogP contribution is -2.44. The number of nitrogens with one attached hydrogen (secondary N) is 1. The zero-order valence-electron chi connectivity index (χ0n) is 10.7. The zero-order chi connectivity index (χ0) is 13.0. The van der Waals surface area contributed by atoms with Gasteiger partial charge in [0.1, 0.15) is 0 Å². The standard InChI is InChI=1S/C14H20N2OS/c1-16-9-3-2-4-12(16)10-15-14(17)11-5-7-13(18)8-6-11/h5-8,12,18H,2-4,9-10H2,1H3,(H,15,17). The molecule has 0 aromatic heterocycles. The molecule has 1 atom stereocenters. The summed E-state index contributed by atoms with van der Waals surface area (Å²) in [6.07, 6.45) is 3.70. The SMILES string of the molecule is CN1CCCCC1CNC(=O)c1ccc(S)cc1. The number of piperidine rings is 1. The molecule has 0 radical (unpaired) electrons. The molecule has 98 valence electrons. The number of amides is 1. The number of likely N-dealkylation sites (N-methyl/N-ethyl adjacent to an activating group) is 1. The topological polar surface area (TPSA) is 32.3 Å². The van der Waals surface area contributed by atoms with Gasteiger partial charge in [-0.25, -0.2) is 0 Å². The van der Waals surface area contributed by atoms with E-state index in [1.54, 1.807) is 0 Å². The fraction of sp³-hybridized carbons (Fsp3) is 0.500. The maximum absolute atomic E-state index is 12.0. The van der Waals surface area contributed by atoms with E-state index >= 15 is 0 Å². The molecule has 0 saturated carbocycles. The lowest BCUT2D eigenvalue weighted by molar-refractivity contribution is 0.0928. The van der Waals surface area contributed by atoms with Crippen LogP contribution in [0.3, 0.4) is 0 Å². The van der Waals surface area contributed by atoms with Crippen molar-refractivity contribution in [3.63, 3.8) is 0 Å². The summed E-state index contributed by atoms with van der Waals surface area (Å²) < 4.78 is 0. The first-order valence-electron chi connectivity index (χ1n) is 6.44. The van der Waals surface area contributed by atoms with Crippen molar-refractivity contribution < 1.29 is 4.79 Å². The predicted octanol–water partition coefficient (Wildman–Crippen LogP) is 2.19. The Hall–Kier alpha value is -1.00. The van der Waals surface area contributed by atoms with Crippen LogP contribution in [0.1, 0.15) is 29.6 Å². The normalized spacial score (nSPS) is 20.7. The summed E-state index contributed by atoms with van der Waals surface area (Å²) in [5.41, 5.74) is 0.700. The van der Waals surface area contributed by atoms with Crippen LogP contribution >= 0.6 is 12.6 Å². The average molecular weight is 264 g/mol. The van der Waals surface area contributed by atoms with Gasteiger partial charge in [0.05, 0.1) is 0 Å². The number of carbonyl (C=O) groups excluding carboxylic acids is 1. The van der Waals surface area contributed by atoms with Gasteiger partial charge >= 0.3 is 0 Å². The van der Waals surface area contributed by atoms with Crippen LogP contribution < -0.4 is 5.32 Å². The minimum atomic E-state index is 0.00214. The highest BCUT2D eigenvalue weighted by Gasteiger charge is 2.19. The van der Waals surface area contributed by atoms with E-state index in [0.717, 1.165) is 18.0 Å². The Morgan fingerprint density at radius 2 is 2.11 bits per heavy atom. The van der Waals surface area contributed by atoms with Gasteiger partial charge in [-0.3, -0.25) is 4.79 Å². The van der Waals surface area contributed by atoms with E-state index < -0.39 is 0 Å². The zero-order valence-corrected chi connectivity index (χ0v) is 11.6. The van der Waals surface area contributed by atoms with Crippen LogP contribution in [-0.4, -0.2) is 37.0 Å². The molecular formula is C14H20N2OS. The van der Waals surface area contributed by atoms with Gasteiger partial charge in [-0.2, -0.15) is 0 Å². The van der Waals surface area contributed by atoms with Crippen molar-refractivity contribution in [2.24, 2.45) is 0 Å². The summed E-state index contributed by atoms with van der Waals surface area (Å²) >= 11 is 4.21. The van der Waals surface area contributed by atoms with E-state index in [2.05, 4.69) is 29.9 Å². The maximum atomic E-state index is 12.0. The highest BCUT2D eigenvalue weighted by Crippen LogP contribution is 2.14. The Balaban J connectivity index is 1.86. The number of benzene rings is 1. The first-order chi connectivity index (χ1) is 8.66. The van der Waals surface area contributed by atoms with Crippen LogP contribution in [0.5, 0.6) is 0 Å². The summed E-state index contributed by atoms with van der Waals surface area (Å²) in [5.74, 6) is 0.00214. The fourth-order valence-electron chi connectivity index (χ4n) is 2.33. The molecule has 4 heteroatoms. The molecule has 1 aromatic carbocycles. The van der Waals surface area contributed by atoms with Crippen LogP contribution in [0.25, 0.3) is 0 Å². The second-order valence-corrected chi connectivity index (χ2v) is 5.40. The van der Waals surface area contributed by atoms with Crippen molar-refractivity contribution in [1.29, 1.82) is 0 Å². The van der Waals surface area contributed by atoms with Gasteiger partial charge in [0.15, 0.2) is 0 Å². The molecule has 0 spiro atoms. The molecule has 2 rings (SSSR count). The van der Waals surface area contributed by atoms with E-state index in [9.17, 15) is 4.79 Å². The Bertz CT molecular complexity index is 405. The largest absolute Gasteiger partial charge is 0.350 e. The van der Waals surface area contributed by atoms with Crippen molar-refractivity contribution in [3.05, 3.63) is 29.8 Å². The highest BCUT2D eigenvalue weighted by atomic mass is 32.1. The van der Waals surface area contributed by atoms with E-state index in [4.69, 9.17) is 0 Å². The van der Waals surface area contributed by atoms with Gasteiger partial charge in [0, 0.05) is 23.0 Å². The summed E-state index contributed by atoms with van der Waals surface area (Å²) in [4.78, 5) is 15.2. The molecule has 1 aromatic rings. The van der Waals surface area contributed by atoms with Crippen molar-refractivity contribution in [3.8, 4) is 0 Å². The smallest absolute Gasteiger partial charge is 0.251 e. The summed E-state index contributed by atoms with van der Waals surface area (Å²) in [6.45, 7) is 1.87. The molecule has 1 aliphatic rings. The molecule has 0 bridgehead atoms. The predicted molar refractivity (Wildman–Crippen MR) is 76.3 cm³/mol. The maximum Gasteiger partial charge on any atom is 0.251 e. The van der Waals surface area contributed by atoms with E-state index in [1.807, 2.05) is 24.3 Å². The molecule has 1 fully saturated rings. The van der Waals surface area contributed by atoms with Crippen LogP contribution in [0.15, 0.2) is 29.2 Å². The Morgan fingerprint density at radius 3 is 2.78 bits per heavy atom. The van der Waals surface area contributed by atoms with E-state index in [0.29, 0.717) is 11.6 Å². The Kier molecular flexibility index (Phi) is 4.66. The van der Waals surface area contributed by atoms with Crippen LogP contribution in [0.2, 0.25) is 0 Å². The molecule has 0 aliphatic carbocycles. The molecule has 1 aliphatic heterocycles. The van der Waals surface area contributed by atoms with Gasteiger partial charge in [0.25, 0.3) is 5.91 Å². The summed E-state index contributed by atoms with van der Waals surface area (Å²) in [6, 6.07) is 7.77. The molecule has 1 heterocycles. The number of nitrogens with zero attached hydrogens (tertiary/aromatic N) is 1. The van der Waals surface area contributed by atoms with Crippen molar-refractivity contribution in [1.82, 2.24) is 10.2 Å². The van der Waals surface area contributed by atoms with Crippen LogP contribution in [0, 0.1) is 0 Å². The lowest BCUT2D eigenvalue weighted by atomic mass is 10.0. The molecule has 1 saturated heterocycles. The number of rotatable bonds is 3. The monoisotopic (exact) mass is 264 g/mol. The van der Waals surface area contributed by atoms with Crippen molar-refractivity contribution in [2.45, 2.75) is 30.2 Å². The van der Waals surface area contributed by atoms with Crippen LogP contribution in [0.4, 0.5) is 0 Å². The second kappa shape index (κ2) is 6.25. The highest BCUT2D eigenvalue weighted by molar-refractivity contribution is 7.80. The summed E-state index contributed by atoms with van der Waals surface area (Å²) in [5, 5.41) is 3.01. The number of hydrogen-bond donors (Lipinski definition) is 2. The Morgan fingerprint density at radius 1 is 1.39 bits per heavy atom. The van der Waals surface area contributed by atoms with Crippen molar-refractivity contribution >= 4 is 18.5 Å². The van der Waals surface area contributed by atoms with Gasteiger partial charge < -0.3 is 10.2 Å². The number of likely N-dealkylation sites (tertiary alicyclic amines) is 1. The third-order valence-corrected chi connectivity index (χ3v) is 3.85. The molecule has 3 nitrogen and oxygen atoms in total. The van der Waals surface area contributed by atoms with E-state index in [-0.39, 0.29) is 5.91 Å². The molecule has 1 N–H and O–H groups in total. The van der Waals surface area contributed by atoms with Crippen molar-refractivity contribution in [2.75, 3.05) is 20.1 Å². The molecule has 1 amide bonds. The van der Waals surface area contributed by atoms with E-state index in [1.165, 1.54) is 19.3 Å². The minimum Gasteiger partial charge on any atom is -0.350 e. The first-order valence-corrected chi connectivity index (χ1v) is 6.89. The quantitative estimate of drug-likeness (QED) is 0.820. The first kappa shape index (κ1) is 13.4. The van der Waals surface area contributed by atoms with Gasteiger partial charge in [0.2, 0.25) is 0 Å². The van der Waals surface area contributed by atoms with Crippen LogP contribution in [-0.2, 0) is 0 Å². The van der Waals surface area contributed by atoms with Gasteiger partial charge in [-0.1, -0.05) is 6.42 Å². The molecule has 18 heavy (non-hydrogen) atoms. The summed E-state index contributed by atoms with van der Waals surface area (Å²) in [7, 11) is 2.13. The Labute approximate surface area is 114 Å². The second-order valence-electron chi connectivity index (χ2n) is 4.89. The number of hydrogen-bond acceptors (Lipinski definition) is 3. The number of thiol groups is 1. The fourth-order valence-corrected chi connectivity index (χ4v) is 2.48.